The number of nitrogens with two attached hydrogens (primary N) is 1. The highest BCUT2D eigenvalue weighted by atomic mass is 35.5. The van der Waals surface area contributed by atoms with Crippen molar-refractivity contribution in [3.05, 3.63) is 28.8 Å². The number of ether oxygens (including phenoxy) is 1. The molecular weight excluding hydrogens is 300 g/mol. The van der Waals surface area contributed by atoms with Crippen molar-refractivity contribution in [2.24, 2.45) is 5.84 Å². The molecule has 20 heavy (non-hydrogen) atoms. The number of hydrogen-bond donors (Lipinski definition) is 2. The van der Waals surface area contributed by atoms with E-state index in [1.54, 1.807) is 18.2 Å². The van der Waals surface area contributed by atoms with Crippen molar-refractivity contribution in [3.63, 3.8) is 0 Å². The van der Waals surface area contributed by atoms with Crippen LogP contribution < -0.4 is 16.0 Å². The summed E-state index contributed by atoms with van der Waals surface area (Å²) in [7, 11) is -1.62. The monoisotopic (exact) mass is 318 g/mol. The fourth-order valence-corrected chi connectivity index (χ4v) is 4.95. The van der Waals surface area contributed by atoms with E-state index < -0.39 is 21.1 Å². The molecule has 1 saturated heterocycles. The van der Waals surface area contributed by atoms with Gasteiger partial charge in [0, 0.05) is 10.6 Å². The van der Waals surface area contributed by atoms with Crippen molar-refractivity contribution < 1.29 is 13.2 Å². The summed E-state index contributed by atoms with van der Waals surface area (Å²) < 4.78 is 29.8. The number of nitrogens with one attached hydrogen (secondary N) is 1. The summed E-state index contributed by atoms with van der Waals surface area (Å²) >= 11 is 6.01. The number of hydrazine groups is 1. The summed E-state index contributed by atoms with van der Waals surface area (Å²) in [6.45, 7) is 0. The number of rotatable bonds is 4. The Labute approximate surface area is 124 Å². The van der Waals surface area contributed by atoms with E-state index >= 15 is 0 Å². The molecule has 5 nitrogen and oxygen atoms in total. The largest absolute Gasteiger partial charge is 0.496 e. The van der Waals surface area contributed by atoms with Gasteiger partial charge in [0.1, 0.15) is 5.75 Å². The van der Waals surface area contributed by atoms with Gasteiger partial charge in [0.2, 0.25) is 0 Å². The summed E-state index contributed by atoms with van der Waals surface area (Å²) in [5.41, 5.74) is 3.31. The SMILES string of the molecule is COc1ccc(Cl)cc1C(NN)C1CCCCS1(=O)=O. The molecule has 0 saturated carbocycles. The molecule has 2 rings (SSSR count). The van der Waals surface area contributed by atoms with Crippen molar-refractivity contribution in [2.45, 2.75) is 30.6 Å². The Bertz CT molecular complexity index is 577. The maximum Gasteiger partial charge on any atom is 0.155 e. The first-order chi connectivity index (χ1) is 9.49. The molecule has 2 atom stereocenters. The molecule has 1 aromatic carbocycles. The van der Waals surface area contributed by atoms with Crippen molar-refractivity contribution >= 4 is 21.4 Å². The predicted octanol–water partition coefficient (Wildman–Crippen LogP) is 1.82. The molecule has 0 bridgehead atoms. The maximum absolute atomic E-state index is 12.3. The Morgan fingerprint density at radius 2 is 2.20 bits per heavy atom. The Morgan fingerprint density at radius 1 is 1.45 bits per heavy atom. The van der Waals surface area contributed by atoms with Crippen LogP contribution in [0, 0.1) is 0 Å². The lowest BCUT2D eigenvalue weighted by atomic mass is 9.99. The Kier molecular flexibility index (Phi) is 4.90. The molecule has 1 aliphatic heterocycles. The Morgan fingerprint density at radius 3 is 2.80 bits per heavy atom. The zero-order chi connectivity index (χ0) is 14.8. The van der Waals surface area contributed by atoms with Gasteiger partial charge in [0.15, 0.2) is 9.84 Å². The molecule has 112 valence electrons. The molecule has 0 radical (unpaired) electrons. The minimum Gasteiger partial charge on any atom is -0.496 e. The van der Waals surface area contributed by atoms with Crippen molar-refractivity contribution in [1.82, 2.24) is 5.43 Å². The first-order valence-corrected chi connectivity index (χ1v) is 8.60. The highest BCUT2D eigenvalue weighted by molar-refractivity contribution is 7.92. The molecule has 1 heterocycles. The zero-order valence-electron chi connectivity index (χ0n) is 11.3. The molecular formula is C13H19ClN2O3S. The number of methoxy groups -OCH3 is 1. The number of sulfone groups is 1. The van der Waals surface area contributed by atoms with Crippen LogP contribution in [0.3, 0.4) is 0 Å². The van der Waals surface area contributed by atoms with Crippen LogP contribution in [0.4, 0.5) is 0 Å². The molecule has 7 heteroatoms. The van der Waals surface area contributed by atoms with Gasteiger partial charge in [-0.1, -0.05) is 18.0 Å². The second-order valence-corrected chi connectivity index (χ2v) is 7.71. The maximum atomic E-state index is 12.3. The number of benzene rings is 1. The van der Waals surface area contributed by atoms with Crippen LogP contribution in [0.15, 0.2) is 18.2 Å². The average molecular weight is 319 g/mol. The average Bonchev–Trinajstić information content (AvgIpc) is 2.41. The van der Waals surface area contributed by atoms with Gasteiger partial charge in [0.25, 0.3) is 0 Å². The molecule has 2 unspecified atom stereocenters. The smallest absolute Gasteiger partial charge is 0.155 e. The summed E-state index contributed by atoms with van der Waals surface area (Å²) in [5, 5.41) is -0.0251. The molecule has 1 aliphatic rings. The van der Waals surface area contributed by atoms with Crippen LogP contribution >= 0.6 is 11.6 Å². The highest BCUT2D eigenvalue weighted by Gasteiger charge is 2.37. The summed E-state index contributed by atoms with van der Waals surface area (Å²) in [4.78, 5) is 0. The number of hydrogen-bond acceptors (Lipinski definition) is 5. The van der Waals surface area contributed by atoms with Gasteiger partial charge in [-0.05, 0) is 31.0 Å². The third-order valence-electron chi connectivity index (χ3n) is 3.71. The topological polar surface area (TPSA) is 81.4 Å². The molecule has 3 N–H and O–H groups in total. The quantitative estimate of drug-likeness (QED) is 0.653. The minimum absolute atomic E-state index is 0.207. The lowest BCUT2D eigenvalue weighted by Crippen LogP contribution is -2.43. The minimum atomic E-state index is -3.16. The molecule has 0 aliphatic carbocycles. The lowest BCUT2D eigenvalue weighted by Gasteiger charge is -2.30. The Balaban J connectivity index is 2.44. The van der Waals surface area contributed by atoms with Crippen molar-refractivity contribution in [1.29, 1.82) is 0 Å². The summed E-state index contributed by atoms with van der Waals surface area (Å²) in [6.07, 6.45) is 2.18. The zero-order valence-corrected chi connectivity index (χ0v) is 12.9. The standard InChI is InChI=1S/C13H19ClN2O3S/c1-19-11-6-5-9(14)8-10(11)13(16-15)12-4-2-3-7-20(12,17)18/h5-6,8,12-13,16H,2-4,7,15H2,1H3. The van der Waals surface area contributed by atoms with E-state index in [0.29, 0.717) is 29.2 Å². The van der Waals surface area contributed by atoms with E-state index in [-0.39, 0.29) is 5.75 Å². The Hall–Kier alpha value is -0.820. The van der Waals surface area contributed by atoms with E-state index in [4.69, 9.17) is 22.2 Å². The molecule has 0 spiro atoms. The molecule has 1 aromatic rings. The van der Waals surface area contributed by atoms with Crippen LogP contribution in [0.1, 0.15) is 30.9 Å². The van der Waals surface area contributed by atoms with Gasteiger partial charge in [-0.25, -0.2) is 8.42 Å². The van der Waals surface area contributed by atoms with Gasteiger partial charge >= 0.3 is 0 Å². The number of halogens is 1. The molecule has 1 fully saturated rings. The fraction of sp³-hybridized carbons (Fsp3) is 0.538. The first kappa shape index (κ1) is 15.6. The third-order valence-corrected chi connectivity index (χ3v) is 6.23. The lowest BCUT2D eigenvalue weighted by molar-refractivity contribution is 0.390. The summed E-state index contributed by atoms with van der Waals surface area (Å²) in [6, 6.07) is 4.60. The van der Waals surface area contributed by atoms with Crippen molar-refractivity contribution in [2.75, 3.05) is 12.9 Å². The van der Waals surface area contributed by atoms with Crippen LogP contribution in [-0.4, -0.2) is 26.5 Å². The van der Waals surface area contributed by atoms with Gasteiger partial charge in [-0.15, -0.1) is 0 Å². The van der Waals surface area contributed by atoms with Gasteiger partial charge in [0.05, 0.1) is 24.2 Å². The van der Waals surface area contributed by atoms with Crippen LogP contribution in [0.5, 0.6) is 5.75 Å². The van der Waals surface area contributed by atoms with Crippen LogP contribution in [0.25, 0.3) is 0 Å². The van der Waals surface area contributed by atoms with E-state index in [9.17, 15) is 8.42 Å². The van der Waals surface area contributed by atoms with Gasteiger partial charge < -0.3 is 4.74 Å². The van der Waals surface area contributed by atoms with E-state index in [1.807, 2.05) is 0 Å². The van der Waals surface area contributed by atoms with E-state index in [1.165, 1.54) is 7.11 Å². The van der Waals surface area contributed by atoms with Crippen molar-refractivity contribution in [3.8, 4) is 5.75 Å². The van der Waals surface area contributed by atoms with Gasteiger partial charge in [-0.2, -0.15) is 0 Å². The van der Waals surface area contributed by atoms with E-state index in [0.717, 1.165) is 6.42 Å². The molecule has 0 amide bonds. The van der Waals surface area contributed by atoms with Crippen LogP contribution in [-0.2, 0) is 9.84 Å². The predicted molar refractivity (Wildman–Crippen MR) is 79.5 cm³/mol. The fourth-order valence-electron chi connectivity index (χ4n) is 2.70. The van der Waals surface area contributed by atoms with Gasteiger partial charge in [-0.3, -0.25) is 11.3 Å². The third kappa shape index (κ3) is 3.09. The van der Waals surface area contributed by atoms with E-state index in [2.05, 4.69) is 5.43 Å². The first-order valence-electron chi connectivity index (χ1n) is 6.50. The molecule has 0 aromatic heterocycles. The van der Waals surface area contributed by atoms with Crippen LogP contribution in [0.2, 0.25) is 5.02 Å². The normalized spacial score (nSPS) is 23.2. The summed E-state index contributed by atoms with van der Waals surface area (Å²) in [5.74, 6) is 6.41. The second-order valence-electron chi connectivity index (χ2n) is 4.93. The second kappa shape index (κ2) is 6.30. The highest BCUT2D eigenvalue weighted by Crippen LogP contribution is 2.35.